The summed E-state index contributed by atoms with van der Waals surface area (Å²) in [6.45, 7) is 8.82. The van der Waals surface area contributed by atoms with Crippen molar-refractivity contribution >= 4 is 5.95 Å². The van der Waals surface area contributed by atoms with Crippen LogP contribution in [-0.2, 0) is 0 Å². The molecule has 0 unspecified atom stereocenters. The van der Waals surface area contributed by atoms with E-state index in [0.717, 1.165) is 48.4 Å². The van der Waals surface area contributed by atoms with Crippen molar-refractivity contribution in [3.05, 3.63) is 17.5 Å². The van der Waals surface area contributed by atoms with Crippen LogP contribution in [0, 0.1) is 13.8 Å². The average Bonchev–Trinajstić information content (AvgIpc) is 2.91. The van der Waals surface area contributed by atoms with Crippen LogP contribution in [0.3, 0.4) is 0 Å². The number of aromatic nitrogens is 5. The van der Waals surface area contributed by atoms with Gasteiger partial charge in [-0.05, 0) is 26.8 Å². The van der Waals surface area contributed by atoms with Crippen LogP contribution in [0.1, 0.15) is 18.3 Å². The number of nitrogens with one attached hydrogen (secondary N) is 2. The van der Waals surface area contributed by atoms with Gasteiger partial charge in [0.1, 0.15) is 0 Å². The third-order valence-corrected chi connectivity index (χ3v) is 3.48. The van der Waals surface area contributed by atoms with Gasteiger partial charge in [0.25, 0.3) is 0 Å². The number of aryl methyl sites for hydroxylation is 2. The van der Waals surface area contributed by atoms with Crippen molar-refractivity contribution in [2.24, 2.45) is 0 Å². The van der Waals surface area contributed by atoms with Gasteiger partial charge in [0.15, 0.2) is 5.82 Å². The lowest BCUT2D eigenvalue weighted by Gasteiger charge is -2.30. The molecule has 1 saturated heterocycles. The van der Waals surface area contributed by atoms with Gasteiger partial charge in [0.05, 0.1) is 11.4 Å². The lowest BCUT2D eigenvalue weighted by atomic mass is 10.2. The van der Waals surface area contributed by atoms with Gasteiger partial charge in [-0.15, -0.1) is 5.10 Å². The molecule has 0 aromatic carbocycles. The monoisotopic (exact) mass is 273 g/mol. The van der Waals surface area contributed by atoms with Crippen molar-refractivity contribution in [1.82, 2.24) is 30.7 Å². The highest BCUT2D eigenvalue weighted by atomic mass is 15.4. The van der Waals surface area contributed by atoms with E-state index in [2.05, 4.69) is 42.5 Å². The first-order chi connectivity index (χ1) is 9.63. The number of hydrogen-bond acceptors (Lipinski definition) is 6. The molecule has 20 heavy (non-hydrogen) atoms. The summed E-state index contributed by atoms with van der Waals surface area (Å²) in [5, 5.41) is 18.9. The molecular weight excluding hydrogens is 254 g/mol. The van der Waals surface area contributed by atoms with Gasteiger partial charge in [-0.1, -0.05) is 0 Å². The molecule has 2 aromatic heterocycles. The highest BCUT2D eigenvalue weighted by Crippen LogP contribution is 2.20. The fourth-order valence-corrected chi connectivity index (χ4v) is 2.42. The number of hydrogen-bond donors (Lipinski definition) is 2. The first-order valence-electron chi connectivity index (χ1n) is 6.85. The largest absolute Gasteiger partial charge is 0.337 e. The van der Waals surface area contributed by atoms with Gasteiger partial charge in [0.2, 0.25) is 5.95 Å². The molecule has 2 N–H and O–H groups in total. The number of anilines is 1. The van der Waals surface area contributed by atoms with Crippen molar-refractivity contribution < 1.29 is 0 Å². The molecule has 0 radical (unpaired) electrons. The Morgan fingerprint density at radius 2 is 2.15 bits per heavy atom. The lowest BCUT2D eigenvalue weighted by Crippen LogP contribution is -2.49. The summed E-state index contributed by atoms with van der Waals surface area (Å²) in [6.07, 6.45) is 0. The Morgan fingerprint density at radius 1 is 1.30 bits per heavy atom. The van der Waals surface area contributed by atoms with Crippen molar-refractivity contribution in [1.29, 1.82) is 0 Å². The van der Waals surface area contributed by atoms with E-state index in [9.17, 15) is 0 Å². The van der Waals surface area contributed by atoms with E-state index in [0.29, 0.717) is 6.04 Å². The first kappa shape index (κ1) is 13.0. The Kier molecular flexibility index (Phi) is 3.35. The van der Waals surface area contributed by atoms with Crippen LogP contribution in [0.2, 0.25) is 0 Å². The van der Waals surface area contributed by atoms with Gasteiger partial charge < -0.3 is 10.2 Å². The normalized spacial score (nSPS) is 19.4. The Balaban J connectivity index is 1.88. The van der Waals surface area contributed by atoms with E-state index in [4.69, 9.17) is 0 Å². The predicted molar refractivity (Wildman–Crippen MR) is 76.6 cm³/mol. The standard InChI is InChI=1S/C13H19N7/c1-8-6-11(10(3)17-16-8)12-15-13(19-18-12)20-5-4-14-9(2)7-20/h6,9,14H,4-5,7H2,1-3H3,(H,15,18,19)/t9-/m0/s1. The van der Waals surface area contributed by atoms with Gasteiger partial charge in [0, 0.05) is 31.2 Å². The van der Waals surface area contributed by atoms with Crippen LogP contribution in [0.15, 0.2) is 6.07 Å². The summed E-state index contributed by atoms with van der Waals surface area (Å²) in [6, 6.07) is 2.43. The van der Waals surface area contributed by atoms with Crippen LogP contribution >= 0.6 is 0 Å². The number of H-pyrrole nitrogens is 1. The van der Waals surface area contributed by atoms with Crippen molar-refractivity contribution in [2.75, 3.05) is 24.5 Å². The first-order valence-corrected chi connectivity index (χ1v) is 6.85. The van der Waals surface area contributed by atoms with Crippen molar-refractivity contribution in [3.63, 3.8) is 0 Å². The van der Waals surface area contributed by atoms with E-state index in [1.54, 1.807) is 0 Å². The van der Waals surface area contributed by atoms with E-state index in [1.165, 1.54) is 0 Å². The maximum Gasteiger partial charge on any atom is 0.245 e. The molecule has 3 rings (SSSR count). The second-order valence-electron chi connectivity index (χ2n) is 5.27. The summed E-state index contributed by atoms with van der Waals surface area (Å²) >= 11 is 0. The third kappa shape index (κ3) is 2.49. The summed E-state index contributed by atoms with van der Waals surface area (Å²) in [5.74, 6) is 1.50. The van der Waals surface area contributed by atoms with E-state index >= 15 is 0 Å². The van der Waals surface area contributed by atoms with Gasteiger partial charge in [-0.2, -0.15) is 15.2 Å². The molecule has 1 atom stereocenters. The predicted octanol–water partition coefficient (Wildman–Crippen LogP) is 0.677. The number of nitrogens with zero attached hydrogens (tertiary/aromatic N) is 5. The Morgan fingerprint density at radius 3 is 2.95 bits per heavy atom. The zero-order chi connectivity index (χ0) is 14.1. The molecule has 0 spiro atoms. The third-order valence-electron chi connectivity index (χ3n) is 3.48. The molecule has 1 aliphatic heterocycles. The van der Waals surface area contributed by atoms with Crippen LogP contribution < -0.4 is 10.2 Å². The molecule has 7 nitrogen and oxygen atoms in total. The van der Waals surface area contributed by atoms with Gasteiger partial charge >= 0.3 is 0 Å². The molecular formula is C13H19N7. The SMILES string of the molecule is Cc1cc(-c2nc(N3CCN[C@@H](C)C3)n[nH]2)c(C)nn1. The summed E-state index contributed by atoms with van der Waals surface area (Å²) in [4.78, 5) is 6.80. The summed E-state index contributed by atoms with van der Waals surface area (Å²) in [5.41, 5.74) is 2.69. The highest BCUT2D eigenvalue weighted by molar-refractivity contribution is 5.59. The Labute approximate surface area is 117 Å². The molecule has 2 aromatic rings. The van der Waals surface area contributed by atoms with E-state index in [-0.39, 0.29) is 0 Å². The fraction of sp³-hybridized carbons (Fsp3) is 0.538. The molecule has 1 aliphatic rings. The number of rotatable bonds is 2. The Hall–Kier alpha value is -2.02. The van der Waals surface area contributed by atoms with Crippen LogP contribution in [0.4, 0.5) is 5.95 Å². The van der Waals surface area contributed by atoms with Crippen LogP contribution in [-0.4, -0.2) is 51.1 Å². The zero-order valence-corrected chi connectivity index (χ0v) is 12.0. The molecule has 0 aliphatic carbocycles. The minimum Gasteiger partial charge on any atom is -0.337 e. The van der Waals surface area contributed by atoms with Gasteiger partial charge in [-0.25, -0.2) is 0 Å². The molecule has 3 heterocycles. The number of aromatic amines is 1. The van der Waals surface area contributed by atoms with Gasteiger partial charge in [-0.3, -0.25) is 5.10 Å². The molecule has 1 fully saturated rings. The minimum absolute atomic E-state index is 0.456. The van der Waals surface area contributed by atoms with Crippen molar-refractivity contribution in [3.8, 4) is 11.4 Å². The highest BCUT2D eigenvalue weighted by Gasteiger charge is 2.20. The molecule has 106 valence electrons. The molecule has 0 saturated carbocycles. The topological polar surface area (TPSA) is 82.6 Å². The van der Waals surface area contributed by atoms with E-state index < -0.39 is 0 Å². The molecule has 0 amide bonds. The second-order valence-corrected chi connectivity index (χ2v) is 5.27. The Bertz CT molecular complexity index is 607. The van der Waals surface area contributed by atoms with Crippen LogP contribution in [0.5, 0.6) is 0 Å². The lowest BCUT2D eigenvalue weighted by molar-refractivity contribution is 0.480. The second kappa shape index (κ2) is 5.16. The molecule has 7 heteroatoms. The quantitative estimate of drug-likeness (QED) is 0.837. The summed E-state index contributed by atoms with van der Waals surface area (Å²) in [7, 11) is 0. The maximum atomic E-state index is 4.60. The van der Waals surface area contributed by atoms with Crippen molar-refractivity contribution in [2.45, 2.75) is 26.8 Å². The zero-order valence-electron chi connectivity index (χ0n) is 12.0. The smallest absolute Gasteiger partial charge is 0.245 e. The maximum absolute atomic E-state index is 4.60. The van der Waals surface area contributed by atoms with E-state index in [1.807, 2.05) is 19.9 Å². The summed E-state index contributed by atoms with van der Waals surface area (Å²) < 4.78 is 0. The van der Waals surface area contributed by atoms with Crippen LogP contribution in [0.25, 0.3) is 11.4 Å². The minimum atomic E-state index is 0.456. The fourth-order valence-electron chi connectivity index (χ4n) is 2.42. The molecule has 0 bridgehead atoms. The number of piperazine rings is 1. The average molecular weight is 273 g/mol.